The lowest BCUT2D eigenvalue weighted by Crippen LogP contribution is -2.41. The maximum absolute atomic E-state index is 12.8. The first-order chi connectivity index (χ1) is 12.0. The van der Waals surface area contributed by atoms with Crippen LogP contribution in [0.3, 0.4) is 0 Å². The number of rotatable bonds is 9. The van der Waals surface area contributed by atoms with E-state index in [-0.39, 0.29) is 25.2 Å². The Morgan fingerprint density at radius 1 is 0.815 bits per heavy atom. The summed E-state index contributed by atoms with van der Waals surface area (Å²) in [4.78, 5) is 38.3. The SMILES string of the molecule is CCC(C)(C)C(=O)CC(C(=O)OC(C)(C)C)C(CCO)C(=O)OC(C)(C)C. The second-order valence-electron chi connectivity index (χ2n) is 9.66. The zero-order valence-electron chi connectivity index (χ0n) is 18.5. The average Bonchev–Trinajstić information content (AvgIpc) is 2.46. The first-order valence-corrected chi connectivity index (χ1v) is 9.64. The standard InChI is InChI=1S/C21H38O6/c1-10-21(8,9)16(23)13-15(18(25)27-20(5,6)7)14(11-12-22)17(24)26-19(2,3)4/h14-15,22H,10-13H2,1-9H3. The molecule has 0 bridgehead atoms. The van der Waals surface area contributed by atoms with E-state index in [9.17, 15) is 19.5 Å². The predicted molar refractivity (Wildman–Crippen MR) is 104 cm³/mol. The van der Waals surface area contributed by atoms with Crippen LogP contribution in [0.2, 0.25) is 0 Å². The zero-order valence-corrected chi connectivity index (χ0v) is 18.5. The molecule has 27 heavy (non-hydrogen) atoms. The lowest BCUT2D eigenvalue weighted by atomic mass is 9.77. The van der Waals surface area contributed by atoms with Gasteiger partial charge in [0.25, 0.3) is 0 Å². The molecule has 0 saturated heterocycles. The van der Waals surface area contributed by atoms with E-state index >= 15 is 0 Å². The van der Waals surface area contributed by atoms with Crippen LogP contribution >= 0.6 is 0 Å². The van der Waals surface area contributed by atoms with Crippen molar-refractivity contribution in [1.29, 1.82) is 0 Å². The Kier molecular flexibility index (Phi) is 9.16. The topological polar surface area (TPSA) is 89.9 Å². The highest BCUT2D eigenvalue weighted by molar-refractivity contribution is 5.91. The summed E-state index contributed by atoms with van der Waals surface area (Å²) in [5.41, 5.74) is -2.11. The molecule has 0 amide bonds. The van der Waals surface area contributed by atoms with Gasteiger partial charge in [0.2, 0.25) is 0 Å². The molecule has 158 valence electrons. The number of hydrogen-bond acceptors (Lipinski definition) is 6. The largest absolute Gasteiger partial charge is 0.460 e. The maximum Gasteiger partial charge on any atom is 0.310 e. The van der Waals surface area contributed by atoms with Crippen molar-refractivity contribution in [2.75, 3.05) is 6.61 Å². The van der Waals surface area contributed by atoms with E-state index in [1.165, 1.54) is 0 Å². The number of hydrogen-bond donors (Lipinski definition) is 1. The molecule has 0 fully saturated rings. The second kappa shape index (κ2) is 9.67. The molecule has 0 heterocycles. The molecule has 0 aliphatic rings. The number of aliphatic hydroxyl groups is 1. The van der Waals surface area contributed by atoms with Gasteiger partial charge in [-0.2, -0.15) is 0 Å². The quantitative estimate of drug-likeness (QED) is 0.608. The Balaban J connectivity index is 5.83. The van der Waals surface area contributed by atoms with Crippen LogP contribution in [-0.2, 0) is 23.9 Å². The number of Topliss-reactive ketones (excluding diaryl/α,β-unsaturated/α-hetero) is 1. The number of ketones is 1. The van der Waals surface area contributed by atoms with Crippen LogP contribution < -0.4 is 0 Å². The number of aliphatic hydroxyl groups excluding tert-OH is 1. The third-order valence-electron chi connectivity index (χ3n) is 4.39. The van der Waals surface area contributed by atoms with Gasteiger partial charge in [-0.1, -0.05) is 20.8 Å². The van der Waals surface area contributed by atoms with Crippen molar-refractivity contribution >= 4 is 17.7 Å². The van der Waals surface area contributed by atoms with Gasteiger partial charge in [0.1, 0.15) is 17.0 Å². The predicted octanol–water partition coefficient (Wildman–Crippen LogP) is 3.68. The minimum atomic E-state index is -0.996. The van der Waals surface area contributed by atoms with Crippen molar-refractivity contribution < 1.29 is 29.0 Å². The molecule has 6 nitrogen and oxygen atoms in total. The fourth-order valence-corrected chi connectivity index (χ4v) is 2.44. The molecule has 0 aliphatic heterocycles. The minimum Gasteiger partial charge on any atom is -0.460 e. The van der Waals surface area contributed by atoms with Gasteiger partial charge >= 0.3 is 11.9 Å². The van der Waals surface area contributed by atoms with Crippen LogP contribution in [0.4, 0.5) is 0 Å². The Morgan fingerprint density at radius 2 is 1.22 bits per heavy atom. The van der Waals surface area contributed by atoms with E-state index < -0.39 is 40.4 Å². The summed E-state index contributed by atoms with van der Waals surface area (Å²) in [6.45, 7) is 15.6. The minimum absolute atomic E-state index is 0.0264. The molecule has 2 atom stereocenters. The van der Waals surface area contributed by atoms with E-state index in [0.717, 1.165) is 0 Å². The fraction of sp³-hybridized carbons (Fsp3) is 0.857. The smallest absolute Gasteiger partial charge is 0.310 e. The molecule has 0 spiro atoms. The Morgan fingerprint density at radius 3 is 1.56 bits per heavy atom. The van der Waals surface area contributed by atoms with Gasteiger partial charge in [0.15, 0.2) is 0 Å². The van der Waals surface area contributed by atoms with E-state index in [2.05, 4.69) is 0 Å². The normalized spacial score (nSPS) is 15.0. The molecule has 0 aromatic carbocycles. The lowest BCUT2D eigenvalue weighted by molar-refractivity contribution is -0.174. The molecule has 0 saturated carbocycles. The molecule has 0 radical (unpaired) electrons. The van der Waals surface area contributed by atoms with Gasteiger partial charge in [-0.05, 0) is 54.4 Å². The summed E-state index contributed by atoms with van der Waals surface area (Å²) in [6, 6.07) is 0. The summed E-state index contributed by atoms with van der Waals surface area (Å²) in [5.74, 6) is -3.28. The van der Waals surface area contributed by atoms with E-state index in [0.29, 0.717) is 6.42 Å². The number of esters is 2. The van der Waals surface area contributed by atoms with Gasteiger partial charge in [0, 0.05) is 18.4 Å². The van der Waals surface area contributed by atoms with E-state index in [4.69, 9.17) is 9.47 Å². The monoisotopic (exact) mass is 386 g/mol. The highest BCUT2D eigenvalue weighted by Crippen LogP contribution is 2.31. The molecule has 6 heteroatoms. The van der Waals surface area contributed by atoms with Crippen LogP contribution in [0.1, 0.15) is 81.6 Å². The van der Waals surface area contributed by atoms with Crippen molar-refractivity contribution in [3.05, 3.63) is 0 Å². The summed E-state index contributed by atoms with van der Waals surface area (Å²) in [7, 11) is 0. The van der Waals surface area contributed by atoms with Gasteiger partial charge in [-0.25, -0.2) is 0 Å². The molecule has 0 aromatic heterocycles. The van der Waals surface area contributed by atoms with Crippen LogP contribution in [0.5, 0.6) is 0 Å². The van der Waals surface area contributed by atoms with Crippen molar-refractivity contribution in [2.45, 2.75) is 92.8 Å². The summed E-state index contributed by atoms with van der Waals surface area (Å²) in [5, 5.41) is 9.44. The molecular formula is C21H38O6. The number of carbonyl (C=O) groups is 3. The summed E-state index contributed by atoms with van der Waals surface area (Å²) >= 11 is 0. The Labute approximate surface area is 164 Å². The van der Waals surface area contributed by atoms with E-state index in [1.54, 1.807) is 41.5 Å². The highest BCUT2D eigenvalue weighted by Gasteiger charge is 2.41. The van der Waals surface area contributed by atoms with Crippen LogP contribution in [0, 0.1) is 17.3 Å². The Bertz CT molecular complexity index is 522. The fourth-order valence-electron chi connectivity index (χ4n) is 2.44. The zero-order chi connectivity index (χ0) is 21.6. The number of carbonyl (C=O) groups excluding carboxylic acids is 3. The summed E-state index contributed by atoms with van der Waals surface area (Å²) in [6.07, 6.45) is 0.516. The van der Waals surface area contributed by atoms with Gasteiger partial charge in [-0.3, -0.25) is 14.4 Å². The van der Waals surface area contributed by atoms with Crippen LogP contribution in [-0.4, -0.2) is 40.6 Å². The first-order valence-electron chi connectivity index (χ1n) is 9.64. The molecular weight excluding hydrogens is 348 g/mol. The first kappa shape index (κ1) is 25.6. The lowest BCUT2D eigenvalue weighted by Gasteiger charge is -2.31. The van der Waals surface area contributed by atoms with Crippen LogP contribution in [0.15, 0.2) is 0 Å². The molecule has 1 N–H and O–H groups in total. The third-order valence-corrected chi connectivity index (χ3v) is 4.39. The average molecular weight is 387 g/mol. The van der Waals surface area contributed by atoms with Crippen molar-refractivity contribution in [2.24, 2.45) is 17.3 Å². The van der Waals surface area contributed by atoms with Crippen LogP contribution in [0.25, 0.3) is 0 Å². The molecule has 2 unspecified atom stereocenters. The van der Waals surface area contributed by atoms with Gasteiger partial charge in [-0.15, -0.1) is 0 Å². The van der Waals surface area contributed by atoms with Gasteiger partial charge < -0.3 is 14.6 Å². The van der Waals surface area contributed by atoms with Crippen molar-refractivity contribution in [3.63, 3.8) is 0 Å². The molecule has 0 aromatic rings. The van der Waals surface area contributed by atoms with Crippen molar-refractivity contribution in [3.8, 4) is 0 Å². The Hall–Kier alpha value is -1.43. The third kappa shape index (κ3) is 9.36. The van der Waals surface area contributed by atoms with Crippen molar-refractivity contribution in [1.82, 2.24) is 0 Å². The van der Waals surface area contributed by atoms with E-state index in [1.807, 2.05) is 20.8 Å². The molecule has 0 aliphatic carbocycles. The molecule has 0 rings (SSSR count). The number of ether oxygens (including phenoxy) is 2. The summed E-state index contributed by atoms with van der Waals surface area (Å²) < 4.78 is 10.9. The highest BCUT2D eigenvalue weighted by atomic mass is 16.6. The maximum atomic E-state index is 12.8. The second-order valence-corrected chi connectivity index (χ2v) is 9.66. The van der Waals surface area contributed by atoms with Gasteiger partial charge in [0.05, 0.1) is 11.8 Å².